The SMILES string of the molecule is CSCC[C@@H](NC(=O)C1CCC(=O)N1)C(=O)O. The molecule has 0 saturated carbocycles. The molecule has 1 unspecified atom stereocenters. The van der Waals surface area contributed by atoms with Crippen LogP contribution in [0.3, 0.4) is 0 Å². The van der Waals surface area contributed by atoms with E-state index in [2.05, 4.69) is 10.6 Å². The molecule has 7 heteroatoms. The molecule has 0 aromatic heterocycles. The molecule has 3 N–H and O–H groups in total. The number of thioether (sulfide) groups is 1. The minimum atomic E-state index is -1.04. The first-order valence-corrected chi connectivity index (χ1v) is 6.75. The fourth-order valence-corrected chi connectivity index (χ4v) is 2.05. The van der Waals surface area contributed by atoms with E-state index < -0.39 is 24.0 Å². The van der Waals surface area contributed by atoms with E-state index >= 15 is 0 Å². The van der Waals surface area contributed by atoms with E-state index in [1.807, 2.05) is 6.26 Å². The van der Waals surface area contributed by atoms with Crippen LogP contribution in [-0.4, -0.2) is 47.0 Å². The molecule has 0 aromatic carbocycles. The molecule has 2 atom stereocenters. The molecular formula is C10H16N2O4S. The monoisotopic (exact) mass is 260 g/mol. The number of aliphatic carboxylic acids is 1. The first-order chi connectivity index (χ1) is 8.04. The van der Waals surface area contributed by atoms with Crippen molar-refractivity contribution < 1.29 is 19.5 Å². The number of carboxylic acid groups (broad SMARTS) is 1. The average molecular weight is 260 g/mol. The topological polar surface area (TPSA) is 95.5 Å². The molecule has 0 bridgehead atoms. The predicted molar refractivity (Wildman–Crippen MR) is 63.7 cm³/mol. The standard InChI is InChI=1S/C10H16N2O4S/c1-17-5-4-7(10(15)16)12-9(14)6-2-3-8(13)11-6/h6-7H,2-5H2,1H3,(H,11,13)(H,12,14)(H,15,16)/t6?,7-/m1/s1. The summed E-state index contributed by atoms with van der Waals surface area (Å²) in [5, 5.41) is 13.9. The van der Waals surface area contributed by atoms with Crippen LogP contribution in [0.4, 0.5) is 0 Å². The number of nitrogens with one attached hydrogen (secondary N) is 2. The predicted octanol–water partition coefficient (Wildman–Crippen LogP) is -0.412. The van der Waals surface area contributed by atoms with Gasteiger partial charge in [-0.3, -0.25) is 9.59 Å². The summed E-state index contributed by atoms with van der Waals surface area (Å²) in [5.74, 6) is -0.962. The third kappa shape index (κ3) is 4.26. The summed E-state index contributed by atoms with van der Waals surface area (Å²) in [5.41, 5.74) is 0. The van der Waals surface area contributed by atoms with Gasteiger partial charge in [-0.25, -0.2) is 4.79 Å². The van der Waals surface area contributed by atoms with Gasteiger partial charge in [-0.15, -0.1) is 0 Å². The van der Waals surface area contributed by atoms with Crippen LogP contribution in [0.25, 0.3) is 0 Å². The maximum atomic E-state index is 11.7. The Hall–Kier alpha value is -1.24. The zero-order chi connectivity index (χ0) is 12.8. The van der Waals surface area contributed by atoms with E-state index in [0.717, 1.165) is 0 Å². The second-order valence-corrected chi connectivity index (χ2v) is 4.83. The molecule has 1 aliphatic heterocycles. The van der Waals surface area contributed by atoms with Crippen molar-refractivity contribution in [2.24, 2.45) is 0 Å². The zero-order valence-corrected chi connectivity index (χ0v) is 10.4. The highest BCUT2D eigenvalue weighted by Gasteiger charge is 2.30. The molecule has 0 radical (unpaired) electrons. The highest BCUT2D eigenvalue weighted by atomic mass is 32.2. The second-order valence-electron chi connectivity index (χ2n) is 3.84. The minimum absolute atomic E-state index is 0.166. The van der Waals surface area contributed by atoms with Crippen LogP contribution >= 0.6 is 11.8 Å². The summed E-state index contributed by atoms with van der Waals surface area (Å²) in [6.45, 7) is 0. The van der Waals surface area contributed by atoms with Crippen molar-refractivity contribution in [3.8, 4) is 0 Å². The maximum absolute atomic E-state index is 11.7. The number of rotatable bonds is 6. The lowest BCUT2D eigenvalue weighted by Gasteiger charge is -2.16. The maximum Gasteiger partial charge on any atom is 0.326 e. The van der Waals surface area contributed by atoms with Crippen molar-refractivity contribution in [3.63, 3.8) is 0 Å². The molecule has 96 valence electrons. The molecule has 1 rings (SSSR count). The summed E-state index contributed by atoms with van der Waals surface area (Å²) in [7, 11) is 0. The first-order valence-electron chi connectivity index (χ1n) is 5.36. The van der Waals surface area contributed by atoms with Crippen LogP contribution in [0.15, 0.2) is 0 Å². The van der Waals surface area contributed by atoms with Gasteiger partial charge in [-0.2, -0.15) is 11.8 Å². The molecule has 1 aliphatic rings. The molecular weight excluding hydrogens is 244 g/mol. The summed E-state index contributed by atoms with van der Waals surface area (Å²) in [6.07, 6.45) is 3.00. The normalized spacial score (nSPS) is 20.8. The molecule has 6 nitrogen and oxygen atoms in total. The number of carboxylic acids is 1. The fraction of sp³-hybridized carbons (Fsp3) is 0.700. The summed E-state index contributed by atoms with van der Waals surface area (Å²) in [6, 6.07) is -1.47. The Labute approximate surface area is 104 Å². The third-order valence-electron chi connectivity index (χ3n) is 2.54. The fourth-order valence-electron chi connectivity index (χ4n) is 1.58. The van der Waals surface area contributed by atoms with Crippen LogP contribution in [0.2, 0.25) is 0 Å². The van der Waals surface area contributed by atoms with E-state index in [9.17, 15) is 14.4 Å². The van der Waals surface area contributed by atoms with Crippen LogP contribution in [0, 0.1) is 0 Å². The van der Waals surface area contributed by atoms with Crippen molar-refractivity contribution in [3.05, 3.63) is 0 Å². The lowest BCUT2D eigenvalue weighted by atomic mass is 10.1. The van der Waals surface area contributed by atoms with Gasteiger partial charge in [-0.05, 0) is 24.9 Å². The van der Waals surface area contributed by atoms with Gasteiger partial charge in [0.25, 0.3) is 0 Å². The van der Waals surface area contributed by atoms with Gasteiger partial charge in [0, 0.05) is 6.42 Å². The number of carbonyl (C=O) groups is 3. The minimum Gasteiger partial charge on any atom is -0.480 e. The lowest BCUT2D eigenvalue weighted by Crippen LogP contribution is -2.48. The van der Waals surface area contributed by atoms with Crippen molar-refractivity contribution in [2.75, 3.05) is 12.0 Å². The van der Waals surface area contributed by atoms with Gasteiger partial charge < -0.3 is 15.7 Å². The Morgan fingerprint density at radius 1 is 1.65 bits per heavy atom. The highest BCUT2D eigenvalue weighted by molar-refractivity contribution is 7.98. The van der Waals surface area contributed by atoms with E-state index in [-0.39, 0.29) is 5.91 Å². The van der Waals surface area contributed by atoms with Gasteiger partial charge in [0.15, 0.2) is 0 Å². The van der Waals surface area contributed by atoms with E-state index in [4.69, 9.17) is 5.11 Å². The van der Waals surface area contributed by atoms with Gasteiger partial charge in [-0.1, -0.05) is 0 Å². The average Bonchev–Trinajstić information content (AvgIpc) is 2.70. The van der Waals surface area contributed by atoms with Gasteiger partial charge in [0.2, 0.25) is 11.8 Å². The lowest BCUT2D eigenvalue weighted by molar-refractivity contribution is -0.142. The molecule has 17 heavy (non-hydrogen) atoms. The van der Waals surface area contributed by atoms with Crippen LogP contribution < -0.4 is 10.6 Å². The Bertz CT molecular complexity index is 321. The summed E-state index contributed by atoms with van der Waals surface area (Å²) in [4.78, 5) is 33.5. The molecule has 1 saturated heterocycles. The van der Waals surface area contributed by atoms with Crippen LogP contribution in [0.1, 0.15) is 19.3 Å². The van der Waals surface area contributed by atoms with E-state index in [1.165, 1.54) is 11.8 Å². The Balaban J connectivity index is 2.46. The molecule has 0 aliphatic carbocycles. The number of hydrogen-bond donors (Lipinski definition) is 3. The van der Waals surface area contributed by atoms with Crippen molar-refractivity contribution in [2.45, 2.75) is 31.3 Å². The first kappa shape index (κ1) is 13.8. The second kappa shape index (κ2) is 6.48. The summed E-state index contributed by atoms with van der Waals surface area (Å²) >= 11 is 1.52. The highest BCUT2D eigenvalue weighted by Crippen LogP contribution is 2.08. The van der Waals surface area contributed by atoms with Crippen molar-refractivity contribution >= 4 is 29.5 Å². The Morgan fingerprint density at radius 3 is 2.82 bits per heavy atom. The number of hydrogen-bond acceptors (Lipinski definition) is 4. The van der Waals surface area contributed by atoms with Gasteiger partial charge >= 0.3 is 5.97 Å². The summed E-state index contributed by atoms with van der Waals surface area (Å²) < 4.78 is 0. The number of amides is 2. The molecule has 1 fully saturated rings. The van der Waals surface area contributed by atoms with Gasteiger partial charge in [0.1, 0.15) is 12.1 Å². The zero-order valence-electron chi connectivity index (χ0n) is 9.56. The largest absolute Gasteiger partial charge is 0.480 e. The van der Waals surface area contributed by atoms with Crippen molar-refractivity contribution in [1.82, 2.24) is 10.6 Å². The number of carbonyl (C=O) groups excluding carboxylic acids is 2. The molecule has 0 spiro atoms. The van der Waals surface area contributed by atoms with Crippen molar-refractivity contribution in [1.29, 1.82) is 0 Å². The van der Waals surface area contributed by atoms with Gasteiger partial charge in [0.05, 0.1) is 0 Å². The van der Waals surface area contributed by atoms with Crippen LogP contribution in [-0.2, 0) is 14.4 Å². The molecule has 2 amide bonds. The van der Waals surface area contributed by atoms with E-state index in [1.54, 1.807) is 0 Å². The van der Waals surface area contributed by atoms with Crippen LogP contribution in [0.5, 0.6) is 0 Å². The molecule has 1 heterocycles. The quantitative estimate of drug-likeness (QED) is 0.603. The Morgan fingerprint density at radius 2 is 2.35 bits per heavy atom. The third-order valence-corrected chi connectivity index (χ3v) is 3.18. The Kier molecular flexibility index (Phi) is 5.27. The smallest absolute Gasteiger partial charge is 0.326 e. The molecule has 0 aromatic rings. The van der Waals surface area contributed by atoms with E-state index in [0.29, 0.717) is 25.0 Å².